The van der Waals surface area contributed by atoms with E-state index in [-0.39, 0.29) is 36.0 Å². The summed E-state index contributed by atoms with van der Waals surface area (Å²) in [5, 5.41) is 42.0. The van der Waals surface area contributed by atoms with Crippen LogP contribution in [0.2, 0.25) is 0 Å². The van der Waals surface area contributed by atoms with Crippen LogP contribution in [0.5, 0.6) is 5.75 Å². The number of hydrogen-bond donors (Lipinski definition) is 4. The van der Waals surface area contributed by atoms with Crippen LogP contribution in [-0.2, 0) is 9.59 Å². The molecule has 0 saturated heterocycles. The van der Waals surface area contributed by atoms with Crippen molar-refractivity contribution in [3.63, 3.8) is 0 Å². The van der Waals surface area contributed by atoms with Crippen molar-refractivity contribution in [2.45, 2.75) is 88.8 Å². The number of hydrogen-bond acceptors (Lipinski definition) is 5. The Balaban J connectivity index is 1.60. The first kappa shape index (κ1) is 26.2. The molecule has 0 bridgehead atoms. The first-order valence-electron chi connectivity index (χ1n) is 13.6. The third kappa shape index (κ3) is 4.09. The third-order valence-electron chi connectivity index (χ3n) is 11.1. The zero-order valence-corrected chi connectivity index (χ0v) is 22.1. The van der Waals surface area contributed by atoms with Crippen LogP contribution in [0, 0.1) is 28.6 Å². The monoisotopic (exact) mass is 512 g/mol. The summed E-state index contributed by atoms with van der Waals surface area (Å²) < 4.78 is 5.39. The quantitative estimate of drug-likeness (QED) is 0.405. The van der Waals surface area contributed by atoms with Gasteiger partial charge in [-0.15, -0.1) is 0 Å². The van der Waals surface area contributed by atoms with E-state index < -0.39 is 28.6 Å². The van der Waals surface area contributed by atoms with E-state index in [1.54, 1.807) is 7.11 Å². The molecule has 0 spiro atoms. The first-order valence-corrected chi connectivity index (χ1v) is 13.6. The molecule has 3 unspecified atom stereocenters. The fourth-order valence-corrected chi connectivity index (χ4v) is 8.97. The predicted molar refractivity (Wildman–Crippen MR) is 137 cm³/mol. The lowest BCUT2D eigenvalue weighted by Crippen LogP contribution is -2.57. The Morgan fingerprint density at radius 3 is 2.19 bits per heavy atom. The average molecular weight is 513 g/mol. The lowest BCUT2D eigenvalue weighted by atomic mass is 9.43. The van der Waals surface area contributed by atoms with Crippen LogP contribution < -0.4 is 4.74 Å². The van der Waals surface area contributed by atoms with Crippen molar-refractivity contribution in [1.29, 1.82) is 0 Å². The van der Waals surface area contributed by atoms with Crippen molar-refractivity contribution in [1.82, 2.24) is 0 Å². The number of aliphatic carboxylic acids is 2. The standard InChI is InChI=1S/C30H40O7/c1-27-12-13-29(35,16-24(31)32)15-19(27)14-21(18-4-6-20(37-3)7-5-18)26-22(27)8-10-28(2)23(26)9-11-30(28,36)17-25(33)34/h4-7,14,21-23,26,35-36H,8-13,15-17H2,1-3H3,(H,31,32)(H,33,34)/t21?,22-,23-,26+,27-,28-,29?,30?/m0/s1. The fourth-order valence-electron chi connectivity index (χ4n) is 8.97. The Labute approximate surface area is 218 Å². The molecule has 0 aliphatic heterocycles. The lowest BCUT2D eigenvalue weighted by molar-refractivity contribution is -0.159. The Bertz CT molecular complexity index is 1110. The minimum absolute atomic E-state index is 0.0305. The number of carboxylic acid groups (broad SMARTS) is 2. The van der Waals surface area contributed by atoms with Crippen molar-refractivity contribution in [2.75, 3.05) is 7.11 Å². The van der Waals surface area contributed by atoms with Gasteiger partial charge >= 0.3 is 11.9 Å². The van der Waals surface area contributed by atoms with Gasteiger partial charge in [0.05, 0.1) is 31.2 Å². The number of aliphatic hydroxyl groups is 2. The molecule has 7 nitrogen and oxygen atoms in total. The Kier molecular flexibility index (Phi) is 6.27. The molecule has 3 saturated carbocycles. The number of benzene rings is 1. The first-order chi connectivity index (χ1) is 17.3. The molecular formula is C30H40O7. The average Bonchev–Trinajstić information content (AvgIpc) is 3.08. The molecule has 0 radical (unpaired) electrons. The maximum absolute atomic E-state index is 11.7. The van der Waals surface area contributed by atoms with Crippen LogP contribution in [0.3, 0.4) is 0 Å². The summed E-state index contributed by atoms with van der Waals surface area (Å²) in [6.07, 6.45) is 6.25. The molecule has 0 heterocycles. The second-order valence-electron chi connectivity index (χ2n) is 12.8. The smallest absolute Gasteiger partial charge is 0.306 e. The molecule has 202 valence electrons. The molecule has 1 aromatic carbocycles. The van der Waals surface area contributed by atoms with Gasteiger partial charge in [-0.05, 0) is 85.8 Å². The summed E-state index contributed by atoms with van der Waals surface area (Å²) in [5.41, 5.74) is -0.835. The number of carbonyl (C=O) groups is 2. The van der Waals surface area contributed by atoms with Crippen molar-refractivity contribution >= 4 is 11.9 Å². The molecule has 1 aromatic rings. The summed E-state index contributed by atoms with van der Waals surface area (Å²) in [4.78, 5) is 23.3. The van der Waals surface area contributed by atoms with E-state index in [0.717, 1.165) is 42.6 Å². The van der Waals surface area contributed by atoms with Gasteiger partial charge in [0.25, 0.3) is 0 Å². The van der Waals surface area contributed by atoms with E-state index in [1.165, 1.54) is 0 Å². The second kappa shape index (κ2) is 8.84. The highest BCUT2D eigenvalue weighted by Crippen LogP contribution is 2.70. The van der Waals surface area contributed by atoms with Crippen molar-refractivity contribution in [3.05, 3.63) is 41.5 Å². The van der Waals surface area contributed by atoms with Crippen LogP contribution in [0.25, 0.3) is 0 Å². The molecule has 4 aliphatic carbocycles. The Hall–Kier alpha value is -2.38. The van der Waals surface area contributed by atoms with Crippen LogP contribution >= 0.6 is 0 Å². The Morgan fingerprint density at radius 1 is 0.919 bits per heavy atom. The SMILES string of the molecule is COc1ccc(C2C=C3CC(O)(CC(=O)O)CC[C@]3(C)[C@H]3CC[C@@]4(C)[C@@H](CCC4(O)CC(=O)O)[C@H]23)cc1. The molecule has 3 fully saturated rings. The summed E-state index contributed by atoms with van der Waals surface area (Å²) >= 11 is 0. The molecule has 4 N–H and O–H groups in total. The summed E-state index contributed by atoms with van der Waals surface area (Å²) in [5.74, 6) is -0.453. The maximum Gasteiger partial charge on any atom is 0.306 e. The highest BCUT2D eigenvalue weighted by atomic mass is 16.5. The third-order valence-corrected chi connectivity index (χ3v) is 11.1. The van der Waals surface area contributed by atoms with Gasteiger partial charge in [-0.2, -0.15) is 0 Å². The van der Waals surface area contributed by atoms with E-state index >= 15 is 0 Å². The number of allylic oxidation sites excluding steroid dienone is 1. The van der Waals surface area contributed by atoms with Crippen molar-refractivity contribution < 1.29 is 34.8 Å². The number of fused-ring (bicyclic) bond motifs is 5. The highest BCUT2D eigenvalue weighted by molar-refractivity contribution is 5.69. The molecule has 37 heavy (non-hydrogen) atoms. The topological polar surface area (TPSA) is 124 Å². The van der Waals surface area contributed by atoms with E-state index in [2.05, 4.69) is 32.1 Å². The van der Waals surface area contributed by atoms with Gasteiger partial charge in [0.2, 0.25) is 0 Å². The van der Waals surface area contributed by atoms with Gasteiger partial charge in [0, 0.05) is 11.3 Å². The largest absolute Gasteiger partial charge is 0.497 e. The van der Waals surface area contributed by atoms with Gasteiger partial charge in [0.1, 0.15) is 5.75 Å². The van der Waals surface area contributed by atoms with E-state index in [9.17, 15) is 30.0 Å². The second-order valence-corrected chi connectivity index (χ2v) is 12.8. The van der Waals surface area contributed by atoms with E-state index in [1.807, 2.05) is 12.1 Å². The number of methoxy groups -OCH3 is 1. The zero-order chi connectivity index (χ0) is 26.8. The normalized spacial score (nSPS) is 42.7. The Morgan fingerprint density at radius 2 is 1.57 bits per heavy atom. The molecular weight excluding hydrogens is 472 g/mol. The van der Waals surface area contributed by atoms with Crippen LogP contribution in [-0.4, -0.2) is 50.7 Å². The van der Waals surface area contributed by atoms with Gasteiger partial charge in [-0.1, -0.05) is 37.6 Å². The van der Waals surface area contributed by atoms with E-state index in [4.69, 9.17) is 4.74 Å². The minimum atomic E-state index is -1.24. The minimum Gasteiger partial charge on any atom is -0.497 e. The van der Waals surface area contributed by atoms with Crippen molar-refractivity contribution in [3.8, 4) is 5.75 Å². The molecule has 5 rings (SSSR count). The summed E-state index contributed by atoms with van der Waals surface area (Å²) in [6, 6.07) is 8.07. The van der Waals surface area contributed by atoms with Gasteiger partial charge in [-0.3, -0.25) is 9.59 Å². The van der Waals surface area contributed by atoms with Gasteiger partial charge < -0.3 is 25.2 Å². The number of carboxylic acids is 2. The van der Waals surface area contributed by atoms with Crippen LogP contribution in [0.15, 0.2) is 35.9 Å². The van der Waals surface area contributed by atoms with Crippen molar-refractivity contribution in [2.24, 2.45) is 28.6 Å². The summed E-state index contributed by atoms with van der Waals surface area (Å²) in [6.45, 7) is 4.38. The number of rotatable bonds is 6. The predicted octanol–water partition coefficient (Wildman–Crippen LogP) is 4.76. The van der Waals surface area contributed by atoms with Crippen LogP contribution in [0.4, 0.5) is 0 Å². The van der Waals surface area contributed by atoms with Gasteiger partial charge in [-0.25, -0.2) is 0 Å². The number of ether oxygens (including phenoxy) is 1. The summed E-state index contributed by atoms with van der Waals surface area (Å²) in [7, 11) is 1.64. The molecule has 8 atom stereocenters. The molecule has 4 aliphatic rings. The molecule has 0 amide bonds. The van der Waals surface area contributed by atoms with E-state index in [0.29, 0.717) is 25.2 Å². The van der Waals surface area contributed by atoms with Gasteiger partial charge in [0.15, 0.2) is 0 Å². The maximum atomic E-state index is 11.7. The molecule has 7 heteroatoms. The van der Waals surface area contributed by atoms with Crippen LogP contribution in [0.1, 0.15) is 83.1 Å². The molecule has 0 aromatic heterocycles. The highest BCUT2D eigenvalue weighted by Gasteiger charge is 2.66. The fraction of sp³-hybridized carbons (Fsp3) is 0.667. The zero-order valence-electron chi connectivity index (χ0n) is 22.1. The lowest BCUT2D eigenvalue weighted by Gasteiger charge is -2.61.